The second-order valence-electron chi connectivity index (χ2n) is 3.21. The van der Waals surface area contributed by atoms with Gasteiger partial charge in [-0.15, -0.1) is 0 Å². The lowest BCUT2D eigenvalue weighted by molar-refractivity contribution is 0.146. The Labute approximate surface area is 89.6 Å². The molecule has 0 aromatic heterocycles. The van der Waals surface area contributed by atoms with Crippen LogP contribution in [0.2, 0.25) is 0 Å². The zero-order chi connectivity index (χ0) is 11.5. The van der Waals surface area contributed by atoms with Crippen molar-refractivity contribution in [2.45, 2.75) is 17.9 Å². The molecule has 1 unspecified atom stereocenters. The second-order valence-corrected chi connectivity index (χ2v) is 4.82. The van der Waals surface area contributed by atoms with Crippen molar-refractivity contribution in [3.8, 4) is 0 Å². The predicted octanol–water partition coefficient (Wildman–Crippen LogP) is 0.895. The molecule has 0 fully saturated rings. The summed E-state index contributed by atoms with van der Waals surface area (Å²) in [7, 11) is -3.77. The third-order valence-corrected chi connectivity index (χ3v) is 3.02. The number of hydrogen-bond donors (Lipinski definition) is 1. The van der Waals surface area contributed by atoms with Gasteiger partial charge in [-0.05, 0) is 26.0 Å². The largest absolute Gasteiger partial charge is 0.391 e. The zero-order valence-electron chi connectivity index (χ0n) is 8.38. The van der Waals surface area contributed by atoms with Crippen LogP contribution in [0.25, 0.3) is 0 Å². The molecule has 0 aliphatic carbocycles. The van der Waals surface area contributed by atoms with Crippen molar-refractivity contribution in [1.29, 1.82) is 0 Å². The minimum Gasteiger partial charge on any atom is -0.391 e. The van der Waals surface area contributed by atoms with Crippen molar-refractivity contribution in [3.63, 3.8) is 0 Å². The van der Waals surface area contributed by atoms with E-state index < -0.39 is 16.2 Å². The minimum absolute atomic E-state index is 0.0775. The van der Waals surface area contributed by atoms with E-state index >= 15 is 0 Å². The molecule has 0 aliphatic heterocycles. The van der Waals surface area contributed by atoms with E-state index in [0.717, 1.165) is 5.56 Å². The first-order valence-corrected chi connectivity index (χ1v) is 5.80. The number of rotatable bonds is 4. The van der Waals surface area contributed by atoms with E-state index in [1.165, 1.54) is 12.1 Å². The van der Waals surface area contributed by atoms with Gasteiger partial charge in [0.25, 0.3) is 10.1 Å². The fraction of sp³-hybridized carbons (Fsp3) is 0.300. The SMILES string of the molecule is [CH2]C(O)COS(=O)(=O)c1ccc(C)cc1. The Hall–Kier alpha value is -0.910. The van der Waals surface area contributed by atoms with E-state index in [0.29, 0.717) is 0 Å². The molecular formula is C10H13O4S. The molecule has 1 aromatic rings. The van der Waals surface area contributed by atoms with E-state index in [2.05, 4.69) is 11.1 Å². The zero-order valence-corrected chi connectivity index (χ0v) is 9.20. The number of benzene rings is 1. The molecule has 1 radical (unpaired) electrons. The highest BCUT2D eigenvalue weighted by atomic mass is 32.2. The lowest BCUT2D eigenvalue weighted by atomic mass is 10.2. The van der Waals surface area contributed by atoms with Gasteiger partial charge in [0.1, 0.15) is 0 Å². The molecule has 4 nitrogen and oxygen atoms in total. The average molecular weight is 229 g/mol. The monoisotopic (exact) mass is 229 g/mol. The summed E-state index contributed by atoms with van der Waals surface area (Å²) in [6, 6.07) is 6.27. The molecule has 0 aliphatic rings. The van der Waals surface area contributed by atoms with Crippen molar-refractivity contribution in [3.05, 3.63) is 36.8 Å². The van der Waals surface area contributed by atoms with Crippen LogP contribution < -0.4 is 0 Å². The number of aryl methyl sites for hydroxylation is 1. The quantitative estimate of drug-likeness (QED) is 0.779. The second kappa shape index (κ2) is 4.74. The van der Waals surface area contributed by atoms with E-state index in [-0.39, 0.29) is 11.5 Å². The molecule has 1 N–H and O–H groups in total. The van der Waals surface area contributed by atoms with Gasteiger partial charge in [-0.2, -0.15) is 8.42 Å². The lowest BCUT2D eigenvalue weighted by Crippen LogP contribution is -2.16. The molecule has 0 bridgehead atoms. The van der Waals surface area contributed by atoms with Crippen molar-refractivity contribution in [2.24, 2.45) is 0 Å². The number of hydrogen-bond acceptors (Lipinski definition) is 4. The fourth-order valence-corrected chi connectivity index (χ4v) is 1.88. The van der Waals surface area contributed by atoms with Crippen LogP contribution in [-0.2, 0) is 14.3 Å². The van der Waals surface area contributed by atoms with Crippen LogP contribution in [0.5, 0.6) is 0 Å². The first-order chi connectivity index (χ1) is 6.92. The van der Waals surface area contributed by atoms with Gasteiger partial charge >= 0.3 is 0 Å². The van der Waals surface area contributed by atoms with E-state index in [1.54, 1.807) is 12.1 Å². The van der Waals surface area contributed by atoms with Crippen LogP contribution in [-0.4, -0.2) is 26.2 Å². The maximum absolute atomic E-state index is 11.5. The van der Waals surface area contributed by atoms with Crippen molar-refractivity contribution < 1.29 is 17.7 Å². The Bertz CT molecular complexity index is 406. The molecular weight excluding hydrogens is 216 g/mol. The molecule has 0 spiro atoms. The average Bonchev–Trinajstić information content (AvgIpc) is 2.16. The molecule has 5 heteroatoms. The Kier molecular flexibility index (Phi) is 3.84. The maximum Gasteiger partial charge on any atom is 0.297 e. The van der Waals surface area contributed by atoms with Crippen LogP contribution in [0, 0.1) is 13.8 Å². The van der Waals surface area contributed by atoms with Crippen molar-refractivity contribution in [1.82, 2.24) is 0 Å². The van der Waals surface area contributed by atoms with Gasteiger partial charge in [0, 0.05) is 0 Å². The fourth-order valence-electron chi connectivity index (χ4n) is 0.941. The number of aliphatic hydroxyl groups excluding tert-OH is 1. The third-order valence-electron chi connectivity index (χ3n) is 1.73. The summed E-state index contributed by atoms with van der Waals surface area (Å²) in [6.45, 7) is 4.74. The molecule has 1 rings (SSSR count). The summed E-state index contributed by atoms with van der Waals surface area (Å²) in [5.74, 6) is 0. The topological polar surface area (TPSA) is 63.6 Å². The molecule has 0 saturated carbocycles. The Morgan fingerprint density at radius 3 is 2.40 bits per heavy atom. The van der Waals surface area contributed by atoms with Crippen LogP contribution in [0.4, 0.5) is 0 Å². The normalized spacial score (nSPS) is 13.8. The van der Waals surface area contributed by atoms with Crippen molar-refractivity contribution in [2.75, 3.05) is 6.61 Å². The molecule has 0 amide bonds. The number of aliphatic hydroxyl groups is 1. The Morgan fingerprint density at radius 1 is 1.40 bits per heavy atom. The Morgan fingerprint density at radius 2 is 1.93 bits per heavy atom. The van der Waals surface area contributed by atoms with Gasteiger partial charge in [-0.25, -0.2) is 0 Å². The highest BCUT2D eigenvalue weighted by Gasteiger charge is 2.15. The van der Waals surface area contributed by atoms with E-state index in [9.17, 15) is 8.42 Å². The van der Waals surface area contributed by atoms with Gasteiger partial charge in [-0.3, -0.25) is 4.18 Å². The van der Waals surface area contributed by atoms with Crippen LogP contribution >= 0.6 is 0 Å². The molecule has 83 valence electrons. The first kappa shape index (κ1) is 12.2. The summed E-state index contributed by atoms with van der Waals surface area (Å²) < 4.78 is 27.6. The molecule has 1 aromatic carbocycles. The van der Waals surface area contributed by atoms with E-state index in [4.69, 9.17) is 5.11 Å². The first-order valence-electron chi connectivity index (χ1n) is 4.39. The summed E-state index contributed by atoms with van der Waals surface area (Å²) in [4.78, 5) is 0.0775. The minimum atomic E-state index is -3.77. The predicted molar refractivity (Wildman–Crippen MR) is 55.7 cm³/mol. The van der Waals surface area contributed by atoms with Gasteiger partial charge < -0.3 is 5.11 Å². The third kappa shape index (κ3) is 3.62. The molecule has 0 heterocycles. The van der Waals surface area contributed by atoms with E-state index in [1.807, 2.05) is 6.92 Å². The lowest BCUT2D eigenvalue weighted by Gasteiger charge is -2.07. The van der Waals surface area contributed by atoms with Crippen LogP contribution in [0.15, 0.2) is 29.2 Å². The maximum atomic E-state index is 11.5. The van der Waals surface area contributed by atoms with Crippen molar-refractivity contribution >= 4 is 10.1 Å². The summed E-state index contributed by atoms with van der Waals surface area (Å²) in [5, 5.41) is 8.81. The van der Waals surface area contributed by atoms with Gasteiger partial charge in [0.05, 0.1) is 17.6 Å². The molecule has 15 heavy (non-hydrogen) atoms. The summed E-state index contributed by atoms with van der Waals surface area (Å²) in [6.07, 6.45) is -1.05. The van der Waals surface area contributed by atoms with Gasteiger partial charge in [0.2, 0.25) is 0 Å². The van der Waals surface area contributed by atoms with Crippen LogP contribution in [0.1, 0.15) is 5.56 Å². The van der Waals surface area contributed by atoms with Gasteiger partial charge in [-0.1, -0.05) is 17.7 Å². The molecule has 1 atom stereocenters. The molecule has 0 saturated heterocycles. The summed E-state index contributed by atoms with van der Waals surface area (Å²) in [5.41, 5.74) is 0.964. The smallest absolute Gasteiger partial charge is 0.297 e. The van der Waals surface area contributed by atoms with Crippen LogP contribution in [0.3, 0.4) is 0 Å². The highest BCUT2D eigenvalue weighted by molar-refractivity contribution is 7.86. The summed E-state index contributed by atoms with van der Waals surface area (Å²) >= 11 is 0. The Balaban J connectivity index is 2.82. The standard InChI is InChI=1S/C10H13O4S/c1-8-3-5-10(6-4-8)15(12,13)14-7-9(2)11/h3-6,9,11H,2,7H2,1H3. The highest BCUT2D eigenvalue weighted by Crippen LogP contribution is 2.13. The van der Waals surface area contributed by atoms with Gasteiger partial charge in [0.15, 0.2) is 0 Å².